The van der Waals surface area contributed by atoms with Crippen LogP contribution in [0.3, 0.4) is 0 Å². The van der Waals surface area contributed by atoms with E-state index in [0.717, 1.165) is 24.2 Å². The van der Waals surface area contributed by atoms with E-state index in [4.69, 9.17) is 0 Å². The van der Waals surface area contributed by atoms with Crippen LogP contribution in [-0.4, -0.2) is 29.8 Å². The molecule has 2 N–H and O–H groups in total. The van der Waals surface area contributed by atoms with Crippen molar-refractivity contribution in [3.63, 3.8) is 0 Å². The molecule has 3 rings (SSSR count). The van der Waals surface area contributed by atoms with Gasteiger partial charge in [0.15, 0.2) is 0 Å². The first-order valence-electron chi connectivity index (χ1n) is 7.05. The van der Waals surface area contributed by atoms with Gasteiger partial charge in [0, 0.05) is 18.7 Å². The second-order valence-electron chi connectivity index (χ2n) is 5.52. The Morgan fingerprint density at radius 2 is 2.10 bits per heavy atom. The van der Waals surface area contributed by atoms with Gasteiger partial charge in [-0.25, -0.2) is 4.79 Å². The zero-order valence-electron chi connectivity index (χ0n) is 11.8. The number of nitrogens with zero attached hydrogens (tertiary/aromatic N) is 1. The molecule has 1 aromatic rings. The maximum absolute atomic E-state index is 12.0. The number of carbonyl (C=O) groups excluding carboxylic acids is 3. The number of imide groups is 1. The second-order valence-corrected chi connectivity index (χ2v) is 5.52. The molecule has 6 nitrogen and oxygen atoms in total. The first-order valence-corrected chi connectivity index (χ1v) is 7.05. The van der Waals surface area contributed by atoms with Crippen LogP contribution in [0.5, 0.6) is 0 Å². The molecule has 21 heavy (non-hydrogen) atoms. The Morgan fingerprint density at radius 1 is 1.33 bits per heavy atom. The number of nitrogens with one attached hydrogen (secondary N) is 2. The molecule has 1 aromatic carbocycles. The monoisotopic (exact) mass is 287 g/mol. The predicted octanol–water partition coefficient (Wildman–Crippen LogP) is 1.65. The third kappa shape index (κ3) is 2.49. The van der Waals surface area contributed by atoms with Gasteiger partial charge >= 0.3 is 6.03 Å². The van der Waals surface area contributed by atoms with Crippen molar-refractivity contribution < 1.29 is 14.4 Å². The van der Waals surface area contributed by atoms with E-state index in [2.05, 4.69) is 10.6 Å². The van der Waals surface area contributed by atoms with Crippen molar-refractivity contribution in [1.29, 1.82) is 0 Å². The van der Waals surface area contributed by atoms with E-state index >= 15 is 0 Å². The highest BCUT2D eigenvalue weighted by Crippen LogP contribution is 2.28. The number of urea groups is 1. The molecule has 4 amide bonds. The van der Waals surface area contributed by atoms with Crippen molar-refractivity contribution in [3.05, 3.63) is 29.8 Å². The molecule has 1 heterocycles. The normalized spacial score (nSPS) is 22.0. The molecule has 2 aliphatic rings. The summed E-state index contributed by atoms with van der Waals surface area (Å²) < 4.78 is 0. The summed E-state index contributed by atoms with van der Waals surface area (Å²) in [5.74, 6) is -0.160. The Balaban J connectivity index is 1.75. The van der Waals surface area contributed by atoms with Crippen molar-refractivity contribution >= 4 is 23.5 Å². The Kier molecular flexibility index (Phi) is 3.37. The number of hydrogen-bond donors (Lipinski definition) is 2. The largest absolute Gasteiger partial charge is 0.326 e. The lowest BCUT2D eigenvalue weighted by molar-refractivity contribution is -0.126. The topological polar surface area (TPSA) is 78.5 Å². The van der Waals surface area contributed by atoms with Crippen LogP contribution in [0.15, 0.2) is 24.3 Å². The summed E-state index contributed by atoms with van der Waals surface area (Å²) in [6.07, 6.45) is 2.98. The van der Waals surface area contributed by atoms with Crippen LogP contribution in [0.4, 0.5) is 10.5 Å². The van der Waals surface area contributed by atoms with Crippen LogP contribution < -0.4 is 10.6 Å². The zero-order valence-corrected chi connectivity index (χ0v) is 11.8. The first kappa shape index (κ1) is 13.6. The third-order valence-corrected chi connectivity index (χ3v) is 4.11. The summed E-state index contributed by atoms with van der Waals surface area (Å²) in [5.41, 5.74) is 1.32. The first-order chi connectivity index (χ1) is 10.1. The Morgan fingerprint density at radius 3 is 2.67 bits per heavy atom. The quantitative estimate of drug-likeness (QED) is 0.830. The number of amides is 4. The highest BCUT2D eigenvalue weighted by atomic mass is 16.2. The molecule has 6 heteroatoms. The van der Waals surface area contributed by atoms with Gasteiger partial charge in [0.1, 0.15) is 6.04 Å². The molecule has 1 unspecified atom stereocenters. The lowest BCUT2D eigenvalue weighted by Crippen LogP contribution is -2.28. The standard InChI is InChI=1S/C15H17N3O3/c1-18-14(20)12(17-15(18)21)10-6-3-7-11(8-10)16-13(19)9-4-2-5-9/h3,6-9,12H,2,4-5H2,1H3,(H,16,19)(H,17,21). The molecule has 0 aromatic heterocycles. The molecule has 110 valence electrons. The molecule has 2 fully saturated rings. The Hall–Kier alpha value is -2.37. The van der Waals surface area contributed by atoms with Gasteiger partial charge in [-0.2, -0.15) is 0 Å². The third-order valence-electron chi connectivity index (χ3n) is 4.11. The van der Waals surface area contributed by atoms with Gasteiger partial charge in [-0.15, -0.1) is 0 Å². The summed E-state index contributed by atoms with van der Waals surface area (Å²) in [5, 5.41) is 5.49. The number of rotatable bonds is 3. The van der Waals surface area contributed by atoms with Crippen molar-refractivity contribution in [1.82, 2.24) is 10.2 Å². The number of anilines is 1. The molecule has 1 atom stereocenters. The molecule has 0 spiro atoms. The minimum absolute atomic E-state index is 0.0253. The van der Waals surface area contributed by atoms with Gasteiger partial charge in [-0.1, -0.05) is 18.6 Å². The van der Waals surface area contributed by atoms with Crippen molar-refractivity contribution in [2.45, 2.75) is 25.3 Å². The molecular formula is C15H17N3O3. The minimum atomic E-state index is -0.678. The van der Waals surface area contributed by atoms with Crippen LogP contribution in [0.25, 0.3) is 0 Å². The summed E-state index contributed by atoms with van der Waals surface area (Å²) in [7, 11) is 1.44. The van der Waals surface area contributed by atoms with Crippen LogP contribution in [0, 0.1) is 5.92 Å². The van der Waals surface area contributed by atoms with E-state index in [1.54, 1.807) is 24.3 Å². The summed E-state index contributed by atoms with van der Waals surface area (Å²) >= 11 is 0. The van der Waals surface area contributed by atoms with Gasteiger partial charge in [0.25, 0.3) is 5.91 Å². The average Bonchev–Trinajstić information content (AvgIpc) is 2.65. The maximum atomic E-state index is 12.0. The molecule has 1 aliphatic carbocycles. The van der Waals surface area contributed by atoms with Crippen molar-refractivity contribution in [2.75, 3.05) is 12.4 Å². The SMILES string of the molecule is CN1C(=O)NC(c2cccc(NC(=O)C3CCC3)c2)C1=O. The number of likely N-dealkylation sites (N-methyl/N-ethyl adjacent to an activating group) is 1. The van der Waals surface area contributed by atoms with E-state index in [-0.39, 0.29) is 17.7 Å². The smallest absolute Gasteiger partial charge is 0.324 e. The number of hydrogen-bond acceptors (Lipinski definition) is 3. The van der Waals surface area contributed by atoms with Crippen LogP contribution in [0.1, 0.15) is 30.9 Å². The van der Waals surface area contributed by atoms with E-state index in [9.17, 15) is 14.4 Å². The number of carbonyl (C=O) groups is 3. The molecule has 1 aliphatic heterocycles. The van der Waals surface area contributed by atoms with E-state index in [0.29, 0.717) is 11.3 Å². The van der Waals surface area contributed by atoms with Crippen molar-refractivity contribution in [3.8, 4) is 0 Å². The molecular weight excluding hydrogens is 270 g/mol. The van der Waals surface area contributed by atoms with Crippen LogP contribution in [-0.2, 0) is 9.59 Å². The van der Waals surface area contributed by atoms with Crippen molar-refractivity contribution in [2.24, 2.45) is 5.92 Å². The number of benzene rings is 1. The zero-order chi connectivity index (χ0) is 15.0. The summed E-state index contributed by atoms with van der Waals surface area (Å²) in [4.78, 5) is 36.5. The Labute approximate surface area is 122 Å². The average molecular weight is 287 g/mol. The molecule has 1 saturated carbocycles. The minimum Gasteiger partial charge on any atom is -0.326 e. The summed E-state index contributed by atoms with van der Waals surface area (Å²) in [6, 6.07) is 5.96. The van der Waals surface area contributed by atoms with Gasteiger partial charge in [0.05, 0.1) is 0 Å². The molecule has 0 radical (unpaired) electrons. The Bertz CT molecular complexity index is 610. The van der Waals surface area contributed by atoms with Gasteiger partial charge in [-0.05, 0) is 30.5 Å². The molecule has 1 saturated heterocycles. The maximum Gasteiger partial charge on any atom is 0.324 e. The van der Waals surface area contributed by atoms with Gasteiger partial charge in [0.2, 0.25) is 5.91 Å². The van der Waals surface area contributed by atoms with Gasteiger partial charge < -0.3 is 10.6 Å². The highest BCUT2D eigenvalue weighted by molar-refractivity contribution is 6.04. The van der Waals surface area contributed by atoms with Gasteiger partial charge in [-0.3, -0.25) is 14.5 Å². The predicted molar refractivity (Wildman–Crippen MR) is 76.5 cm³/mol. The lowest BCUT2D eigenvalue weighted by atomic mass is 9.85. The fourth-order valence-corrected chi connectivity index (χ4v) is 2.51. The van der Waals surface area contributed by atoms with E-state index < -0.39 is 12.1 Å². The van der Waals surface area contributed by atoms with E-state index in [1.807, 2.05) is 0 Å². The lowest BCUT2D eigenvalue weighted by Gasteiger charge is -2.24. The fraction of sp³-hybridized carbons (Fsp3) is 0.400. The summed E-state index contributed by atoms with van der Waals surface area (Å²) in [6.45, 7) is 0. The van der Waals surface area contributed by atoms with E-state index in [1.165, 1.54) is 7.05 Å². The van der Waals surface area contributed by atoms with Crippen LogP contribution >= 0.6 is 0 Å². The van der Waals surface area contributed by atoms with Crippen LogP contribution in [0.2, 0.25) is 0 Å². The highest BCUT2D eigenvalue weighted by Gasteiger charge is 2.36. The second kappa shape index (κ2) is 5.20. The fourth-order valence-electron chi connectivity index (χ4n) is 2.51. The molecule has 0 bridgehead atoms.